The van der Waals surface area contributed by atoms with Crippen LogP contribution in [-0.2, 0) is 4.74 Å². The van der Waals surface area contributed by atoms with Crippen LogP contribution in [-0.4, -0.2) is 22.5 Å². The number of carbonyl (C=O) groups is 1. The van der Waals surface area contributed by atoms with Gasteiger partial charge in [-0.15, -0.1) is 0 Å². The third-order valence-corrected chi connectivity index (χ3v) is 3.93. The maximum absolute atomic E-state index is 12.0. The molecule has 0 radical (unpaired) electrons. The minimum absolute atomic E-state index is 0.278. The van der Waals surface area contributed by atoms with E-state index in [1.54, 1.807) is 17.5 Å². The molecule has 3 rings (SSSR count). The number of esters is 1. The lowest BCUT2D eigenvalue weighted by atomic mass is 10.1. The number of ether oxygens (including phenoxy) is 1. The molecular formula is C13H14N2O2S. The summed E-state index contributed by atoms with van der Waals surface area (Å²) in [5.74, 6) is 0.177. The molecule has 18 heavy (non-hydrogen) atoms. The van der Waals surface area contributed by atoms with E-state index < -0.39 is 0 Å². The first kappa shape index (κ1) is 11.6. The summed E-state index contributed by atoms with van der Waals surface area (Å²) in [6.45, 7) is 4.16. The maximum atomic E-state index is 12.0. The molecule has 0 aromatic carbocycles. The Bertz CT molecular complexity index is 617. The summed E-state index contributed by atoms with van der Waals surface area (Å²) in [5, 5.41) is 0.986. The third-order valence-electron chi connectivity index (χ3n) is 3.05. The standard InChI is InChI=1S/C13H14N2O2S/c1-3-17-13(16)9-6-14-12-11(15-7(2)18-12)10(9)8-4-5-8/h6,8H,3-5H2,1-2H3. The smallest absolute Gasteiger partial charge is 0.340 e. The summed E-state index contributed by atoms with van der Waals surface area (Å²) in [6.07, 6.45) is 3.90. The number of nitrogens with zero attached hydrogens (tertiary/aromatic N) is 2. The van der Waals surface area contributed by atoms with E-state index in [0.717, 1.165) is 33.8 Å². The Kier molecular flexibility index (Phi) is 2.78. The quantitative estimate of drug-likeness (QED) is 0.798. The highest BCUT2D eigenvalue weighted by atomic mass is 32.1. The van der Waals surface area contributed by atoms with Crippen molar-refractivity contribution in [3.8, 4) is 0 Å². The van der Waals surface area contributed by atoms with Crippen LogP contribution in [0.3, 0.4) is 0 Å². The van der Waals surface area contributed by atoms with Gasteiger partial charge < -0.3 is 4.74 Å². The minimum Gasteiger partial charge on any atom is -0.462 e. The Morgan fingerprint density at radius 3 is 3.00 bits per heavy atom. The summed E-state index contributed by atoms with van der Waals surface area (Å²) in [6, 6.07) is 0. The summed E-state index contributed by atoms with van der Waals surface area (Å²) in [4.78, 5) is 21.7. The molecule has 2 aromatic heterocycles. The minimum atomic E-state index is -0.278. The Morgan fingerprint density at radius 1 is 1.56 bits per heavy atom. The normalized spacial score (nSPS) is 15.0. The zero-order chi connectivity index (χ0) is 12.7. The van der Waals surface area contributed by atoms with E-state index in [0.29, 0.717) is 18.1 Å². The SMILES string of the molecule is CCOC(=O)c1cnc2sc(C)nc2c1C1CC1. The summed E-state index contributed by atoms with van der Waals surface area (Å²) in [5.41, 5.74) is 2.53. The first-order chi connectivity index (χ1) is 8.70. The average molecular weight is 262 g/mol. The molecule has 0 bridgehead atoms. The number of aryl methyl sites for hydroxylation is 1. The van der Waals surface area contributed by atoms with Crippen molar-refractivity contribution >= 4 is 27.7 Å². The van der Waals surface area contributed by atoms with Gasteiger partial charge in [0.2, 0.25) is 0 Å². The molecule has 5 heteroatoms. The molecule has 1 saturated carbocycles. The van der Waals surface area contributed by atoms with Crippen molar-refractivity contribution in [2.24, 2.45) is 0 Å². The molecule has 0 amide bonds. The largest absolute Gasteiger partial charge is 0.462 e. The Morgan fingerprint density at radius 2 is 2.33 bits per heavy atom. The lowest BCUT2D eigenvalue weighted by molar-refractivity contribution is 0.0525. The van der Waals surface area contributed by atoms with E-state index >= 15 is 0 Å². The zero-order valence-corrected chi connectivity index (χ0v) is 11.2. The predicted molar refractivity (Wildman–Crippen MR) is 70.1 cm³/mol. The monoisotopic (exact) mass is 262 g/mol. The number of hydrogen-bond acceptors (Lipinski definition) is 5. The number of fused-ring (bicyclic) bond motifs is 1. The van der Waals surface area contributed by atoms with Crippen LogP contribution in [0.25, 0.3) is 10.3 Å². The van der Waals surface area contributed by atoms with Crippen LogP contribution < -0.4 is 0 Å². The van der Waals surface area contributed by atoms with Gasteiger partial charge in [0, 0.05) is 11.8 Å². The van der Waals surface area contributed by atoms with Gasteiger partial charge in [-0.2, -0.15) is 0 Å². The van der Waals surface area contributed by atoms with Gasteiger partial charge in [-0.3, -0.25) is 0 Å². The second-order valence-corrected chi connectivity index (χ2v) is 5.65. The fourth-order valence-corrected chi connectivity index (χ4v) is 2.93. The Hall–Kier alpha value is -1.49. The average Bonchev–Trinajstić information content (AvgIpc) is 3.09. The van der Waals surface area contributed by atoms with Crippen molar-refractivity contribution in [2.45, 2.75) is 32.6 Å². The number of carbonyl (C=O) groups excluding carboxylic acids is 1. The predicted octanol–water partition coefficient (Wildman–Crippen LogP) is 3.05. The number of hydrogen-bond donors (Lipinski definition) is 0. The van der Waals surface area contributed by atoms with Gasteiger partial charge in [0.05, 0.1) is 17.2 Å². The van der Waals surface area contributed by atoms with Gasteiger partial charge in [-0.25, -0.2) is 14.8 Å². The molecule has 0 aliphatic heterocycles. The lowest BCUT2D eigenvalue weighted by Crippen LogP contribution is -2.09. The molecular weight excluding hydrogens is 248 g/mol. The van der Waals surface area contributed by atoms with Gasteiger partial charge in [-0.1, -0.05) is 11.3 Å². The van der Waals surface area contributed by atoms with Gasteiger partial charge in [-0.05, 0) is 32.6 Å². The van der Waals surface area contributed by atoms with Crippen molar-refractivity contribution in [3.63, 3.8) is 0 Å². The number of rotatable bonds is 3. The van der Waals surface area contributed by atoms with Crippen LogP contribution in [0.15, 0.2) is 6.20 Å². The maximum Gasteiger partial charge on any atom is 0.340 e. The van der Waals surface area contributed by atoms with Crippen LogP contribution in [0.2, 0.25) is 0 Å². The zero-order valence-electron chi connectivity index (χ0n) is 10.4. The van der Waals surface area contributed by atoms with E-state index in [1.165, 1.54) is 0 Å². The van der Waals surface area contributed by atoms with Crippen LogP contribution in [0.1, 0.15) is 46.6 Å². The van der Waals surface area contributed by atoms with Gasteiger partial charge in [0.25, 0.3) is 0 Å². The van der Waals surface area contributed by atoms with E-state index in [9.17, 15) is 4.79 Å². The van der Waals surface area contributed by atoms with Crippen molar-refractivity contribution in [2.75, 3.05) is 6.61 Å². The molecule has 0 saturated heterocycles. The molecule has 0 spiro atoms. The second kappa shape index (κ2) is 4.31. The first-order valence-corrected chi connectivity index (χ1v) is 6.95. The van der Waals surface area contributed by atoms with Gasteiger partial charge in [0.1, 0.15) is 10.3 Å². The van der Waals surface area contributed by atoms with E-state index in [2.05, 4.69) is 9.97 Å². The first-order valence-electron chi connectivity index (χ1n) is 6.14. The summed E-state index contributed by atoms with van der Waals surface area (Å²) < 4.78 is 5.10. The molecule has 1 aliphatic carbocycles. The fraction of sp³-hybridized carbons (Fsp3) is 0.462. The number of pyridine rings is 1. The van der Waals surface area contributed by atoms with Gasteiger partial charge >= 0.3 is 5.97 Å². The fourth-order valence-electron chi connectivity index (χ4n) is 2.16. The molecule has 1 aliphatic rings. The summed E-state index contributed by atoms with van der Waals surface area (Å²) >= 11 is 1.57. The number of aromatic nitrogens is 2. The highest BCUT2D eigenvalue weighted by Gasteiger charge is 2.32. The van der Waals surface area contributed by atoms with Crippen LogP contribution in [0.4, 0.5) is 0 Å². The Labute approximate surface area is 109 Å². The van der Waals surface area contributed by atoms with Crippen molar-refractivity contribution < 1.29 is 9.53 Å². The second-order valence-electron chi connectivity index (χ2n) is 4.47. The molecule has 0 unspecified atom stereocenters. The highest BCUT2D eigenvalue weighted by molar-refractivity contribution is 7.18. The van der Waals surface area contributed by atoms with E-state index in [1.807, 2.05) is 13.8 Å². The molecule has 1 fully saturated rings. The van der Waals surface area contributed by atoms with Gasteiger partial charge in [0.15, 0.2) is 0 Å². The van der Waals surface area contributed by atoms with Crippen molar-refractivity contribution in [1.82, 2.24) is 9.97 Å². The third kappa shape index (κ3) is 1.88. The summed E-state index contributed by atoms with van der Waals surface area (Å²) in [7, 11) is 0. The van der Waals surface area contributed by atoms with E-state index in [4.69, 9.17) is 4.74 Å². The van der Waals surface area contributed by atoms with Crippen LogP contribution in [0, 0.1) is 6.92 Å². The molecule has 2 aromatic rings. The molecule has 0 atom stereocenters. The van der Waals surface area contributed by atoms with E-state index in [-0.39, 0.29) is 5.97 Å². The topological polar surface area (TPSA) is 52.1 Å². The van der Waals surface area contributed by atoms with Crippen LogP contribution >= 0.6 is 11.3 Å². The molecule has 0 N–H and O–H groups in total. The molecule has 4 nitrogen and oxygen atoms in total. The molecule has 2 heterocycles. The van der Waals surface area contributed by atoms with Crippen LogP contribution in [0.5, 0.6) is 0 Å². The highest BCUT2D eigenvalue weighted by Crippen LogP contribution is 2.45. The van der Waals surface area contributed by atoms with Crippen molar-refractivity contribution in [1.29, 1.82) is 0 Å². The lowest BCUT2D eigenvalue weighted by Gasteiger charge is -2.07. The number of thiazole rings is 1. The molecule has 94 valence electrons. The Balaban J connectivity index is 2.18. The van der Waals surface area contributed by atoms with Crippen molar-refractivity contribution in [3.05, 3.63) is 22.3 Å².